The van der Waals surface area contributed by atoms with Crippen LogP contribution in [-0.2, 0) is 4.79 Å². The van der Waals surface area contributed by atoms with Crippen molar-refractivity contribution in [2.24, 2.45) is 0 Å². The zero-order chi connectivity index (χ0) is 18.1. The van der Waals surface area contributed by atoms with Crippen LogP contribution in [0.15, 0.2) is 66.4 Å². The number of rotatable bonds is 3. The molecule has 0 aliphatic carbocycles. The molecule has 8 heteroatoms. The summed E-state index contributed by atoms with van der Waals surface area (Å²) in [6.45, 7) is 1.86. The zero-order valence-electron chi connectivity index (χ0n) is 13.9. The van der Waals surface area contributed by atoms with Gasteiger partial charge < -0.3 is 5.32 Å². The molecular weight excluding hydrogens is 352 g/mol. The van der Waals surface area contributed by atoms with E-state index in [2.05, 4.69) is 25.7 Å². The second-order valence-electron chi connectivity index (χ2n) is 5.89. The standard InChI is InChI=1S/C18H15ClN6O/c1-11-15(17(26)24-14-3-2-8-20-9-14)16(12-4-6-13(19)7-5-12)25-18(23-11)21-10-22-25/h2-10,16H,1H3,(H2,21,22,23,24,26)/p+1. The summed E-state index contributed by atoms with van der Waals surface area (Å²) in [5.41, 5.74) is 2.87. The lowest BCUT2D eigenvalue weighted by molar-refractivity contribution is -0.746. The summed E-state index contributed by atoms with van der Waals surface area (Å²) in [5.74, 6) is 0.427. The Morgan fingerprint density at radius 1 is 1.27 bits per heavy atom. The molecule has 0 fully saturated rings. The minimum absolute atomic E-state index is 0.212. The third-order valence-electron chi connectivity index (χ3n) is 4.20. The minimum Gasteiger partial charge on any atom is -0.321 e. The van der Waals surface area contributed by atoms with Crippen molar-refractivity contribution in [1.82, 2.24) is 15.1 Å². The number of allylic oxidation sites excluding steroid dienone is 1. The van der Waals surface area contributed by atoms with E-state index in [1.54, 1.807) is 30.9 Å². The van der Waals surface area contributed by atoms with Crippen LogP contribution in [0.2, 0.25) is 5.02 Å². The highest BCUT2D eigenvalue weighted by Gasteiger charge is 2.38. The summed E-state index contributed by atoms with van der Waals surface area (Å²) in [4.78, 5) is 21.4. The highest BCUT2D eigenvalue weighted by atomic mass is 35.5. The van der Waals surface area contributed by atoms with Crippen molar-refractivity contribution in [2.45, 2.75) is 13.0 Å². The van der Waals surface area contributed by atoms with Crippen LogP contribution >= 0.6 is 11.6 Å². The fraction of sp³-hybridized carbons (Fsp3) is 0.111. The number of nitrogens with zero attached hydrogens (tertiary/aromatic N) is 3. The molecule has 1 aliphatic heterocycles. The molecule has 130 valence electrons. The first-order chi connectivity index (χ1) is 12.6. The Hall–Kier alpha value is -3.19. The maximum atomic E-state index is 13.0. The first-order valence-corrected chi connectivity index (χ1v) is 8.41. The molecule has 7 nitrogen and oxygen atoms in total. The molecule has 1 aliphatic rings. The van der Waals surface area contributed by atoms with Gasteiger partial charge in [0, 0.05) is 11.2 Å². The van der Waals surface area contributed by atoms with Crippen LogP contribution in [0.1, 0.15) is 18.5 Å². The summed E-state index contributed by atoms with van der Waals surface area (Å²) in [6.07, 6.45) is 4.85. The van der Waals surface area contributed by atoms with Crippen LogP contribution in [0, 0.1) is 0 Å². The number of hydrogen-bond acceptors (Lipinski definition) is 4. The Kier molecular flexibility index (Phi) is 4.14. The summed E-state index contributed by atoms with van der Waals surface area (Å²) >= 11 is 6.03. The van der Waals surface area contributed by atoms with Crippen molar-refractivity contribution in [2.75, 3.05) is 10.6 Å². The van der Waals surface area contributed by atoms with Crippen molar-refractivity contribution in [3.8, 4) is 0 Å². The SMILES string of the molecule is CC1=C(C(=O)Nc2cccnc2)C(c2ccc(Cl)cc2)[n+]2[nH]cnc2N1. The number of anilines is 2. The normalized spacial score (nSPS) is 16.0. The molecule has 0 spiro atoms. The molecule has 4 rings (SSSR count). The van der Waals surface area contributed by atoms with Crippen molar-refractivity contribution < 1.29 is 9.48 Å². The van der Waals surface area contributed by atoms with E-state index in [0.717, 1.165) is 11.3 Å². The number of amides is 1. The molecule has 3 N–H and O–H groups in total. The number of benzene rings is 1. The number of aromatic amines is 1. The van der Waals surface area contributed by atoms with Crippen molar-refractivity contribution >= 4 is 29.1 Å². The molecule has 3 heterocycles. The number of nitrogens with one attached hydrogen (secondary N) is 3. The molecule has 1 atom stereocenters. The van der Waals surface area contributed by atoms with Crippen LogP contribution in [0.3, 0.4) is 0 Å². The largest absolute Gasteiger partial charge is 0.416 e. The monoisotopic (exact) mass is 367 g/mol. The molecule has 1 unspecified atom stereocenters. The van der Waals surface area contributed by atoms with Gasteiger partial charge in [-0.3, -0.25) is 9.78 Å². The van der Waals surface area contributed by atoms with Gasteiger partial charge in [-0.15, -0.1) is 4.68 Å². The number of carbonyl (C=O) groups excluding carboxylic acids is 1. The highest BCUT2D eigenvalue weighted by Crippen LogP contribution is 2.30. The van der Waals surface area contributed by atoms with Gasteiger partial charge in [0.2, 0.25) is 0 Å². The van der Waals surface area contributed by atoms with Crippen LogP contribution in [0.25, 0.3) is 0 Å². The Bertz CT molecular complexity index is 980. The third-order valence-corrected chi connectivity index (χ3v) is 4.45. The molecule has 0 radical (unpaired) electrons. The summed E-state index contributed by atoms with van der Waals surface area (Å²) in [6, 6.07) is 10.6. The average Bonchev–Trinajstić information content (AvgIpc) is 3.10. The number of halogens is 1. The van der Waals surface area contributed by atoms with Crippen molar-refractivity contribution in [3.05, 3.63) is 77.0 Å². The van der Waals surface area contributed by atoms with Gasteiger partial charge in [0.1, 0.15) is 0 Å². The molecular formula is C18H16ClN6O+. The number of hydrogen-bond donors (Lipinski definition) is 3. The molecule has 26 heavy (non-hydrogen) atoms. The van der Waals surface area contributed by atoms with Crippen LogP contribution < -0.4 is 15.3 Å². The Morgan fingerprint density at radius 3 is 2.81 bits per heavy atom. The van der Waals surface area contributed by atoms with Gasteiger partial charge >= 0.3 is 5.95 Å². The fourth-order valence-corrected chi connectivity index (χ4v) is 3.15. The van der Waals surface area contributed by atoms with Gasteiger partial charge in [-0.25, -0.2) is 10.4 Å². The fourth-order valence-electron chi connectivity index (χ4n) is 3.02. The number of H-pyrrole nitrogens is 1. The maximum absolute atomic E-state index is 13.0. The van der Waals surface area contributed by atoms with E-state index >= 15 is 0 Å². The minimum atomic E-state index is -0.359. The van der Waals surface area contributed by atoms with Gasteiger partial charge in [-0.2, -0.15) is 0 Å². The Balaban J connectivity index is 1.77. The molecule has 0 saturated carbocycles. The van der Waals surface area contributed by atoms with E-state index in [1.807, 2.05) is 35.9 Å². The molecule has 0 saturated heterocycles. The molecule has 3 aromatic rings. The van der Waals surface area contributed by atoms with Gasteiger partial charge in [-0.1, -0.05) is 28.7 Å². The van der Waals surface area contributed by atoms with Crippen LogP contribution in [0.5, 0.6) is 0 Å². The van der Waals surface area contributed by atoms with Crippen LogP contribution in [0.4, 0.5) is 11.6 Å². The number of aromatic nitrogens is 4. The number of fused-ring (bicyclic) bond motifs is 1. The molecule has 2 aromatic heterocycles. The molecule has 0 bridgehead atoms. The highest BCUT2D eigenvalue weighted by molar-refractivity contribution is 6.30. The Morgan fingerprint density at radius 2 is 2.08 bits per heavy atom. The van der Waals surface area contributed by atoms with Gasteiger partial charge in [0.15, 0.2) is 12.4 Å². The van der Waals surface area contributed by atoms with Gasteiger partial charge in [0.25, 0.3) is 5.91 Å². The predicted molar refractivity (Wildman–Crippen MR) is 97.6 cm³/mol. The van der Waals surface area contributed by atoms with E-state index in [1.165, 1.54) is 0 Å². The second kappa shape index (κ2) is 6.61. The lowest BCUT2D eigenvalue weighted by Crippen LogP contribution is -2.50. The summed E-state index contributed by atoms with van der Waals surface area (Å²) in [5, 5.41) is 9.78. The smallest absolute Gasteiger partial charge is 0.321 e. The number of pyridine rings is 1. The second-order valence-corrected chi connectivity index (χ2v) is 6.33. The summed E-state index contributed by atoms with van der Waals surface area (Å²) in [7, 11) is 0. The van der Waals surface area contributed by atoms with Crippen molar-refractivity contribution in [1.29, 1.82) is 0 Å². The zero-order valence-corrected chi connectivity index (χ0v) is 14.7. The average molecular weight is 368 g/mol. The van der Waals surface area contributed by atoms with Crippen LogP contribution in [-0.4, -0.2) is 21.0 Å². The van der Waals surface area contributed by atoms with Gasteiger partial charge in [0.05, 0.1) is 23.2 Å². The maximum Gasteiger partial charge on any atom is 0.416 e. The van der Waals surface area contributed by atoms with Gasteiger partial charge in [-0.05, 0) is 36.8 Å². The first kappa shape index (κ1) is 16.3. The summed E-state index contributed by atoms with van der Waals surface area (Å²) < 4.78 is 1.81. The van der Waals surface area contributed by atoms with E-state index in [4.69, 9.17) is 11.6 Å². The number of carbonyl (C=O) groups is 1. The van der Waals surface area contributed by atoms with E-state index in [9.17, 15) is 4.79 Å². The lowest BCUT2D eigenvalue weighted by atomic mass is 9.95. The topological polar surface area (TPSA) is 86.6 Å². The van der Waals surface area contributed by atoms with E-state index in [0.29, 0.717) is 22.2 Å². The first-order valence-electron chi connectivity index (χ1n) is 8.03. The third kappa shape index (κ3) is 2.93. The predicted octanol–water partition coefficient (Wildman–Crippen LogP) is 2.67. The van der Waals surface area contributed by atoms with E-state index < -0.39 is 0 Å². The molecule has 1 amide bonds. The van der Waals surface area contributed by atoms with E-state index in [-0.39, 0.29) is 11.9 Å². The Labute approximate surface area is 154 Å². The lowest BCUT2D eigenvalue weighted by Gasteiger charge is -2.24. The molecule has 1 aromatic carbocycles. The quantitative estimate of drug-likeness (QED) is 0.621. The van der Waals surface area contributed by atoms with Crippen molar-refractivity contribution in [3.63, 3.8) is 0 Å².